The molecule has 0 amide bonds. The molecule has 5 nitrogen and oxygen atoms in total. The smallest absolute Gasteiger partial charge is 0.339 e. The lowest BCUT2D eigenvalue weighted by atomic mass is 10.0. The van der Waals surface area contributed by atoms with E-state index in [1.165, 1.54) is 0 Å². The van der Waals surface area contributed by atoms with Gasteiger partial charge < -0.3 is 10.4 Å². The summed E-state index contributed by atoms with van der Waals surface area (Å²) < 4.78 is 0. The van der Waals surface area contributed by atoms with E-state index in [4.69, 9.17) is 6.42 Å². The minimum atomic E-state index is -0.971. The molecular weight excluding hydrogens is 242 g/mol. The maximum Gasteiger partial charge on any atom is 0.339 e. The highest BCUT2D eigenvalue weighted by Crippen LogP contribution is 2.20. The lowest BCUT2D eigenvalue weighted by molar-refractivity contribution is 0.0696. The quantitative estimate of drug-likeness (QED) is 0.581. The molecule has 0 saturated carbocycles. The first-order valence-corrected chi connectivity index (χ1v) is 6.44. The standard InChI is InChI=1S/C14H19N3O2/c1-4-7-8-9-15-13-12(14(18)19)10(5-2)11(6-3)16-17-13/h1H,5-9H2,2-3H3,(H,15,17)(H,18,19). The summed E-state index contributed by atoms with van der Waals surface area (Å²) in [5.41, 5.74) is 1.73. The van der Waals surface area contributed by atoms with Crippen LogP contribution in [0.1, 0.15) is 48.3 Å². The molecule has 0 fully saturated rings. The minimum absolute atomic E-state index is 0.232. The van der Waals surface area contributed by atoms with E-state index >= 15 is 0 Å². The van der Waals surface area contributed by atoms with E-state index in [-0.39, 0.29) is 5.56 Å². The maximum absolute atomic E-state index is 11.4. The number of aromatic carboxylic acids is 1. The average molecular weight is 261 g/mol. The fraction of sp³-hybridized carbons (Fsp3) is 0.500. The molecular formula is C14H19N3O2. The number of carboxylic acid groups (broad SMARTS) is 1. The number of nitrogens with one attached hydrogen (secondary N) is 1. The zero-order chi connectivity index (χ0) is 14.3. The molecule has 5 heteroatoms. The summed E-state index contributed by atoms with van der Waals surface area (Å²) in [5.74, 6) is 1.90. The summed E-state index contributed by atoms with van der Waals surface area (Å²) in [5, 5.41) is 20.4. The van der Waals surface area contributed by atoms with Crippen molar-refractivity contribution in [3.8, 4) is 12.3 Å². The van der Waals surface area contributed by atoms with E-state index in [0.717, 1.165) is 17.7 Å². The summed E-state index contributed by atoms with van der Waals surface area (Å²) in [6, 6.07) is 0. The summed E-state index contributed by atoms with van der Waals surface area (Å²) in [6.07, 6.45) is 7.89. The van der Waals surface area contributed by atoms with Gasteiger partial charge in [0.1, 0.15) is 5.56 Å². The second kappa shape index (κ2) is 7.37. The van der Waals surface area contributed by atoms with Crippen LogP contribution in [0, 0.1) is 12.3 Å². The monoisotopic (exact) mass is 261 g/mol. The van der Waals surface area contributed by atoms with Crippen LogP contribution in [0.4, 0.5) is 5.82 Å². The van der Waals surface area contributed by atoms with Gasteiger partial charge in [-0.05, 0) is 24.8 Å². The molecule has 19 heavy (non-hydrogen) atoms. The molecule has 102 valence electrons. The van der Waals surface area contributed by atoms with Gasteiger partial charge in [-0.2, -0.15) is 5.10 Å². The Balaban J connectivity index is 3.04. The Hall–Kier alpha value is -2.09. The van der Waals surface area contributed by atoms with E-state index in [2.05, 4.69) is 21.4 Å². The molecule has 0 atom stereocenters. The van der Waals surface area contributed by atoms with Crippen molar-refractivity contribution >= 4 is 11.8 Å². The number of hydrogen-bond donors (Lipinski definition) is 2. The molecule has 1 rings (SSSR count). The van der Waals surface area contributed by atoms with Crippen LogP contribution in [0.5, 0.6) is 0 Å². The second-order valence-corrected chi connectivity index (χ2v) is 4.10. The number of unbranched alkanes of at least 4 members (excludes halogenated alkanes) is 1. The number of aromatic nitrogens is 2. The van der Waals surface area contributed by atoms with Gasteiger partial charge >= 0.3 is 5.97 Å². The molecule has 0 aliphatic heterocycles. The van der Waals surface area contributed by atoms with Crippen molar-refractivity contribution in [1.82, 2.24) is 10.2 Å². The third-order valence-corrected chi connectivity index (χ3v) is 2.85. The number of rotatable bonds is 7. The number of carboxylic acids is 1. The molecule has 0 unspecified atom stereocenters. The van der Waals surface area contributed by atoms with Crippen molar-refractivity contribution in [2.45, 2.75) is 39.5 Å². The van der Waals surface area contributed by atoms with Gasteiger partial charge in [-0.3, -0.25) is 0 Å². The van der Waals surface area contributed by atoms with E-state index in [1.54, 1.807) is 0 Å². The number of carbonyl (C=O) groups is 1. The van der Waals surface area contributed by atoms with E-state index in [1.807, 2.05) is 13.8 Å². The van der Waals surface area contributed by atoms with Gasteiger partial charge in [0.2, 0.25) is 0 Å². The van der Waals surface area contributed by atoms with Gasteiger partial charge in [0.05, 0.1) is 5.69 Å². The summed E-state index contributed by atoms with van der Waals surface area (Å²) in [6.45, 7) is 4.45. The first-order chi connectivity index (χ1) is 9.15. The van der Waals surface area contributed by atoms with E-state index in [9.17, 15) is 9.90 Å². The fourth-order valence-electron chi connectivity index (χ4n) is 1.92. The van der Waals surface area contributed by atoms with Crippen LogP contribution in [0.25, 0.3) is 0 Å². The molecule has 1 aromatic rings. The van der Waals surface area contributed by atoms with Gasteiger partial charge in [-0.25, -0.2) is 4.79 Å². The Morgan fingerprint density at radius 1 is 1.37 bits per heavy atom. The van der Waals surface area contributed by atoms with E-state index < -0.39 is 5.97 Å². The predicted molar refractivity (Wildman–Crippen MR) is 74.3 cm³/mol. The summed E-state index contributed by atoms with van der Waals surface area (Å²) in [7, 11) is 0. The SMILES string of the molecule is C#CCCCNc1nnc(CC)c(CC)c1C(=O)O. The Morgan fingerprint density at radius 3 is 2.63 bits per heavy atom. The van der Waals surface area contributed by atoms with Gasteiger partial charge in [0, 0.05) is 13.0 Å². The number of hydrogen-bond acceptors (Lipinski definition) is 4. The van der Waals surface area contributed by atoms with Gasteiger partial charge in [-0.1, -0.05) is 13.8 Å². The highest BCUT2D eigenvalue weighted by atomic mass is 16.4. The highest BCUT2D eigenvalue weighted by molar-refractivity contribution is 5.95. The molecule has 0 aromatic carbocycles. The largest absolute Gasteiger partial charge is 0.478 e. The number of anilines is 1. The maximum atomic E-state index is 11.4. The fourth-order valence-corrected chi connectivity index (χ4v) is 1.92. The van der Waals surface area contributed by atoms with Crippen molar-refractivity contribution in [2.75, 3.05) is 11.9 Å². The van der Waals surface area contributed by atoms with Crippen molar-refractivity contribution in [3.63, 3.8) is 0 Å². The van der Waals surface area contributed by atoms with Gasteiger partial charge in [-0.15, -0.1) is 17.4 Å². The number of terminal acetylenes is 1. The van der Waals surface area contributed by atoms with Crippen LogP contribution >= 0.6 is 0 Å². The first kappa shape index (κ1) is 15.0. The van der Waals surface area contributed by atoms with Crippen LogP contribution in [0.2, 0.25) is 0 Å². The molecule has 0 saturated heterocycles. The summed E-state index contributed by atoms with van der Waals surface area (Å²) >= 11 is 0. The number of aryl methyl sites for hydroxylation is 1. The predicted octanol–water partition coefficient (Wildman–Crippen LogP) is 2.12. The van der Waals surface area contributed by atoms with Crippen LogP contribution < -0.4 is 5.32 Å². The van der Waals surface area contributed by atoms with Crippen molar-refractivity contribution in [1.29, 1.82) is 0 Å². The molecule has 1 aromatic heterocycles. The minimum Gasteiger partial charge on any atom is -0.478 e. The zero-order valence-electron chi connectivity index (χ0n) is 11.4. The van der Waals surface area contributed by atoms with Crippen LogP contribution in [0.3, 0.4) is 0 Å². The first-order valence-electron chi connectivity index (χ1n) is 6.44. The second-order valence-electron chi connectivity index (χ2n) is 4.10. The Labute approximate surface area is 113 Å². The van der Waals surface area contributed by atoms with Crippen LogP contribution in [0.15, 0.2) is 0 Å². The molecule has 0 bridgehead atoms. The molecule has 0 aliphatic carbocycles. The molecule has 0 radical (unpaired) electrons. The lowest BCUT2D eigenvalue weighted by Gasteiger charge is -2.13. The molecule has 2 N–H and O–H groups in total. The molecule has 1 heterocycles. The normalized spacial score (nSPS) is 9.95. The molecule has 0 aliphatic rings. The van der Waals surface area contributed by atoms with Crippen LogP contribution in [-0.2, 0) is 12.8 Å². The number of nitrogens with zero attached hydrogens (tertiary/aromatic N) is 2. The zero-order valence-corrected chi connectivity index (χ0v) is 11.4. The van der Waals surface area contributed by atoms with Crippen molar-refractivity contribution in [3.05, 3.63) is 16.8 Å². The third-order valence-electron chi connectivity index (χ3n) is 2.85. The Bertz CT molecular complexity index is 492. The Morgan fingerprint density at radius 2 is 2.11 bits per heavy atom. The summed E-state index contributed by atoms with van der Waals surface area (Å²) in [4.78, 5) is 11.4. The van der Waals surface area contributed by atoms with Gasteiger partial charge in [0.15, 0.2) is 5.82 Å². The highest BCUT2D eigenvalue weighted by Gasteiger charge is 2.19. The van der Waals surface area contributed by atoms with Crippen molar-refractivity contribution in [2.24, 2.45) is 0 Å². The van der Waals surface area contributed by atoms with Gasteiger partial charge in [0.25, 0.3) is 0 Å². The Kier molecular flexibility index (Phi) is 5.80. The van der Waals surface area contributed by atoms with E-state index in [0.29, 0.717) is 31.6 Å². The molecule has 0 spiro atoms. The lowest BCUT2D eigenvalue weighted by Crippen LogP contribution is -2.15. The topological polar surface area (TPSA) is 75.1 Å². The third kappa shape index (κ3) is 3.68. The average Bonchev–Trinajstić information content (AvgIpc) is 2.42. The van der Waals surface area contributed by atoms with Crippen molar-refractivity contribution < 1.29 is 9.90 Å². The van der Waals surface area contributed by atoms with Crippen LogP contribution in [-0.4, -0.2) is 27.8 Å².